The second kappa shape index (κ2) is 8.26. The lowest BCUT2D eigenvalue weighted by Gasteiger charge is -2.24. The van der Waals surface area contributed by atoms with E-state index in [9.17, 15) is 0 Å². The monoisotopic (exact) mass is 366 g/mol. The number of aliphatic imine (C=N–C) groups is 1. The van der Waals surface area contributed by atoms with Gasteiger partial charge in [-0.25, -0.2) is 0 Å². The van der Waals surface area contributed by atoms with Crippen molar-refractivity contribution in [1.82, 2.24) is 0 Å². The van der Waals surface area contributed by atoms with Gasteiger partial charge in [-0.3, -0.25) is 4.99 Å². The molecular weight excluding hydrogens is 340 g/mol. The van der Waals surface area contributed by atoms with Crippen LogP contribution in [0, 0.1) is 5.92 Å². The predicted octanol–water partition coefficient (Wildman–Crippen LogP) is 6.10. The second-order valence-corrected chi connectivity index (χ2v) is 7.45. The molecule has 1 heterocycles. The summed E-state index contributed by atoms with van der Waals surface area (Å²) in [5.41, 5.74) is 14.1. The fourth-order valence-corrected chi connectivity index (χ4v) is 3.93. The molecule has 0 saturated heterocycles. The van der Waals surface area contributed by atoms with Gasteiger partial charge in [0, 0.05) is 18.2 Å². The Morgan fingerprint density at radius 1 is 1.07 bits per heavy atom. The van der Waals surface area contributed by atoms with E-state index < -0.39 is 0 Å². The number of nitrogens with zero attached hydrogens (tertiary/aromatic N) is 1. The molecule has 28 heavy (non-hydrogen) atoms. The van der Waals surface area contributed by atoms with Crippen LogP contribution in [0.5, 0.6) is 0 Å². The van der Waals surface area contributed by atoms with Crippen LogP contribution in [-0.4, -0.2) is 12.3 Å². The molecule has 140 valence electrons. The van der Waals surface area contributed by atoms with Gasteiger partial charge in [0.25, 0.3) is 0 Å². The lowest BCUT2D eigenvalue weighted by atomic mass is 9.80. The van der Waals surface area contributed by atoms with Crippen molar-refractivity contribution in [1.29, 1.82) is 0 Å². The molecule has 2 aromatic carbocycles. The molecule has 2 aliphatic rings. The molecule has 2 heteroatoms. The average Bonchev–Trinajstić information content (AvgIpc) is 2.94. The van der Waals surface area contributed by atoms with Crippen LogP contribution in [0.25, 0.3) is 11.6 Å². The van der Waals surface area contributed by atoms with E-state index in [-0.39, 0.29) is 0 Å². The second-order valence-electron chi connectivity index (χ2n) is 7.45. The van der Waals surface area contributed by atoms with Crippen LogP contribution in [0.15, 0.2) is 95.5 Å². The summed E-state index contributed by atoms with van der Waals surface area (Å²) in [6.07, 6.45) is 12.1. The molecule has 0 saturated carbocycles. The third-order valence-corrected chi connectivity index (χ3v) is 5.48. The smallest absolute Gasteiger partial charge is 0.0646 e. The largest absolute Gasteiger partial charge is 0.399 e. The maximum absolute atomic E-state index is 5.96. The van der Waals surface area contributed by atoms with E-state index in [4.69, 9.17) is 10.7 Å². The summed E-state index contributed by atoms with van der Waals surface area (Å²) in [5.74, 6) is 0.318. The Bertz CT molecular complexity index is 990. The van der Waals surface area contributed by atoms with Gasteiger partial charge < -0.3 is 5.73 Å². The Kier molecular flexibility index (Phi) is 5.38. The maximum atomic E-state index is 5.96. The van der Waals surface area contributed by atoms with Crippen molar-refractivity contribution in [2.75, 3.05) is 12.3 Å². The van der Waals surface area contributed by atoms with Gasteiger partial charge in [-0.1, -0.05) is 72.8 Å². The highest BCUT2D eigenvalue weighted by atomic mass is 14.7. The molecule has 4 rings (SSSR count). The summed E-state index contributed by atoms with van der Waals surface area (Å²) in [6.45, 7) is 5.26. The van der Waals surface area contributed by atoms with Crippen molar-refractivity contribution < 1.29 is 0 Å². The van der Waals surface area contributed by atoms with Gasteiger partial charge in [0.05, 0.1) is 5.71 Å². The normalized spacial score (nSPS) is 19.3. The molecule has 2 aromatic rings. The fourth-order valence-electron chi connectivity index (χ4n) is 3.93. The fraction of sp³-hybridized carbons (Fsp3) is 0.192. The first-order valence-corrected chi connectivity index (χ1v) is 9.93. The minimum atomic E-state index is 0.318. The summed E-state index contributed by atoms with van der Waals surface area (Å²) in [5, 5.41) is 0. The van der Waals surface area contributed by atoms with E-state index in [0.29, 0.717) is 5.92 Å². The van der Waals surface area contributed by atoms with Gasteiger partial charge in [-0.2, -0.15) is 0 Å². The number of benzene rings is 2. The van der Waals surface area contributed by atoms with Crippen LogP contribution >= 0.6 is 0 Å². The first-order valence-electron chi connectivity index (χ1n) is 9.93. The van der Waals surface area contributed by atoms with Crippen LogP contribution in [0.2, 0.25) is 0 Å². The first kappa shape index (κ1) is 18.2. The van der Waals surface area contributed by atoms with Crippen molar-refractivity contribution in [2.45, 2.75) is 19.3 Å². The zero-order chi connectivity index (χ0) is 19.3. The molecule has 0 bridgehead atoms. The number of nitrogens with two attached hydrogens (primary N) is 1. The van der Waals surface area contributed by atoms with Crippen LogP contribution in [-0.2, 0) is 0 Å². The molecule has 1 aliphatic heterocycles. The third kappa shape index (κ3) is 4.07. The van der Waals surface area contributed by atoms with Crippen molar-refractivity contribution >= 4 is 23.0 Å². The lowest BCUT2D eigenvalue weighted by molar-refractivity contribution is 0.728. The molecule has 2 N–H and O–H groups in total. The molecular formula is C26H26N2. The SMILES string of the molecule is C=C(c1cccc(N)c1)C1C=CC2=C(CCCN=C2/C=C/c2ccccc2)C1. The van der Waals surface area contributed by atoms with Crippen molar-refractivity contribution in [3.63, 3.8) is 0 Å². The highest BCUT2D eigenvalue weighted by Crippen LogP contribution is 2.36. The van der Waals surface area contributed by atoms with Gasteiger partial charge in [-0.15, -0.1) is 0 Å². The third-order valence-electron chi connectivity index (χ3n) is 5.48. The van der Waals surface area contributed by atoms with Crippen LogP contribution < -0.4 is 5.73 Å². The van der Waals surface area contributed by atoms with E-state index in [1.807, 2.05) is 24.3 Å². The number of rotatable bonds is 4. The molecule has 0 amide bonds. The van der Waals surface area contributed by atoms with Gasteiger partial charge >= 0.3 is 0 Å². The molecule has 2 nitrogen and oxygen atoms in total. The summed E-state index contributed by atoms with van der Waals surface area (Å²) in [6, 6.07) is 18.4. The quantitative estimate of drug-likeness (QED) is 0.652. The highest BCUT2D eigenvalue weighted by molar-refractivity contribution is 6.13. The van der Waals surface area contributed by atoms with Gasteiger partial charge in [0.2, 0.25) is 0 Å². The number of anilines is 1. The topological polar surface area (TPSA) is 38.4 Å². The van der Waals surface area contributed by atoms with Crippen molar-refractivity contribution in [3.8, 4) is 0 Å². The predicted molar refractivity (Wildman–Crippen MR) is 121 cm³/mol. The van der Waals surface area contributed by atoms with E-state index >= 15 is 0 Å². The Morgan fingerprint density at radius 3 is 2.75 bits per heavy atom. The summed E-state index contributed by atoms with van der Waals surface area (Å²) in [4.78, 5) is 4.84. The lowest BCUT2D eigenvalue weighted by Crippen LogP contribution is -2.11. The summed E-state index contributed by atoms with van der Waals surface area (Å²) >= 11 is 0. The van der Waals surface area contributed by atoms with E-state index in [1.165, 1.54) is 16.7 Å². The standard InChI is InChI=1S/C26H26N2/c1-19(21-9-5-11-24(27)18-21)22-13-14-25-23(17-22)10-6-16-28-26(25)15-12-20-7-3-2-4-8-20/h2-5,7-9,11-15,18,22H,1,6,10,16-17,27H2/b15-12+. The van der Waals surface area contributed by atoms with Crippen molar-refractivity contribution in [3.05, 3.63) is 102 Å². The summed E-state index contributed by atoms with van der Waals surface area (Å²) in [7, 11) is 0. The van der Waals surface area contributed by atoms with Gasteiger partial charge in [0.1, 0.15) is 0 Å². The van der Waals surface area contributed by atoms with E-state index in [0.717, 1.165) is 48.3 Å². The number of hydrogen-bond donors (Lipinski definition) is 1. The Hall–Kier alpha value is -3.13. The Balaban J connectivity index is 1.56. The van der Waals surface area contributed by atoms with Gasteiger partial charge in [-0.05, 0) is 59.7 Å². The Labute approximate surface area is 167 Å². The molecule has 0 aromatic heterocycles. The van der Waals surface area contributed by atoms with Crippen LogP contribution in [0.1, 0.15) is 30.4 Å². The van der Waals surface area contributed by atoms with Gasteiger partial charge in [0.15, 0.2) is 0 Å². The van der Waals surface area contributed by atoms with Crippen LogP contribution in [0.3, 0.4) is 0 Å². The molecule has 1 unspecified atom stereocenters. The Morgan fingerprint density at radius 2 is 1.93 bits per heavy atom. The zero-order valence-electron chi connectivity index (χ0n) is 16.1. The van der Waals surface area contributed by atoms with E-state index in [1.54, 1.807) is 0 Å². The number of allylic oxidation sites excluding steroid dienone is 6. The minimum absolute atomic E-state index is 0.318. The number of nitrogen functional groups attached to an aromatic ring is 1. The first-order chi connectivity index (χ1) is 13.7. The molecule has 1 aliphatic carbocycles. The van der Waals surface area contributed by atoms with E-state index in [2.05, 4.69) is 61.2 Å². The summed E-state index contributed by atoms with van der Waals surface area (Å²) < 4.78 is 0. The minimum Gasteiger partial charge on any atom is -0.399 e. The zero-order valence-corrected chi connectivity index (χ0v) is 16.1. The van der Waals surface area contributed by atoms with Crippen LogP contribution in [0.4, 0.5) is 5.69 Å². The average molecular weight is 367 g/mol. The number of hydrogen-bond acceptors (Lipinski definition) is 2. The molecule has 1 atom stereocenters. The molecule has 0 fully saturated rings. The molecule has 0 radical (unpaired) electrons. The van der Waals surface area contributed by atoms with Crippen molar-refractivity contribution in [2.24, 2.45) is 10.9 Å². The highest BCUT2D eigenvalue weighted by Gasteiger charge is 2.22. The maximum Gasteiger partial charge on any atom is 0.0646 e. The molecule has 0 spiro atoms.